The Balaban J connectivity index is 1.28. The molecule has 2 aliphatic rings. The molecule has 0 N–H and O–H groups in total. The van der Waals surface area contributed by atoms with Gasteiger partial charge in [-0.3, -0.25) is 9.80 Å². The Kier molecular flexibility index (Phi) is 7.68. The largest absolute Gasteiger partial charge is 0.293 e. The van der Waals surface area contributed by atoms with Gasteiger partial charge in [0.2, 0.25) is 0 Å². The van der Waals surface area contributed by atoms with Crippen LogP contribution in [0.15, 0.2) is 164 Å². The standard InChI is InChI=1S/C49H39N7/c1-48(2)35-23-11-15-27-39(35)55(40-28-16-12-24-36(40)48)43-31-34(46-51-44(32-19-7-5-8-20-32)50-45(52-46)33-21-9-6-10-22-33)47(54-53-43)56-41-29-17-13-25-37(41)49(3,4)38-26-14-18-30-42(38)56/h5-31H,1-4H3. The van der Waals surface area contributed by atoms with Crippen molar-refractivity contribution in [2.75, 3.05) is 9.80 Å². The lowest BCUT2D eigenvalue weighted by Gasteiger charge is -2.42. The SMILES string of the molecule is CC1(C)c2ccccc2N(c2cc(-c3nc(-c4ccccc4)nc(-c4ccccc4)n3)c(N3c4ccccc4C(C)(C)c4ccccc43)nn2)c2ccccc21. The Bertz CT molecular complexity index is 2620. The molecule has 7 heteroatoms. The maximum atomic E-state index is 5.26. The van der Waals surface area contributed by atoms with Crippen molar-refractivity contribution in [3.63, 3.8) is 0 Å². The molecule has 0 amide bonds. The smallest absolute Gasteiger partial charge is 0.171 e. The quantitative estimate of drug-likeness (QED) is 0.175. The predicted molar refractivity (Wildman–Crippen MR) is 225 cm³/mol. The number of hydrogen-bond donors (Lipinski definition) is 0. The van der Waals surface area contributed by atoms with E-state index in [9.17, 15) is 0 Å². The highest BCUT2D eigenvalue weighted by Crippen LogP contribution is 2.55. The van der Waals surface area contributed by atoms with E-state index in [1.54, 1.807) is 0 Å². The molecule has 0 radical (unpaired) electrons. The van der Waals surface area contributed by atoms with Crippen molar-refractivity contribution in [2.24, 2.45) is 0 Å². The van der Waals surface area contributed by atoms with Crippen LogP contribution >= 0.6 is 0 Å². The van der Waals surface area contributed by atoms with Crippen LogP contribution in [0.3, 0.4) is 0 Å². The van der Waals surface area contributed by atoms with E-state index in [0.717, 1.165) is 39.4 Å². The molecular formula is C49H39N7. The number of rotatable bonds is 5. The van der Waals surface area contributed by atoms with Crippen LogP contribution in [0.1, 0.15) is 49.9 Å². The lowest BCUT2D eigenvalue weighted by Crippen LogP contribution is -2.32. The van der Waals surface area contributed by atoms with E-state index in [1.165, 1.54) is 22.3 Å². The first-order valence-electron chi connectivity index (χ1n) is 19.0. The zero-order valence-corrected chi connectivity index (χ0v) is 31.7. The highest BCUT2D eigenvalue weighted by Gasteiger charge is 2.40. The van der Waals surface area contributed by atoms with Crippen molar-refractivity contribution in [1.29, 1.82) is 0 Å². The average Bonchev–Trinajstić information content (AvgIpc) is 3.25. The van der Waals surface area contributed by atoms with Crippen LogP contribution in [-0.2, 0) is 10.8 Å². The fourth-order valence-corrected chi connectivity index (χ4v) is 8.56. The van der Waals surface area contributed by atoms with Crippen molar-refractivity contribution in [3.05, 3.63) is 186 Å². The monoisotopic (exact) mass is 725 g/mol. The molecule has 6 aromatic carbocycles. The molecule has 0 saturated carbocycles. The first-order chi connectivity index (χ1) is 27.3. The summed E-state index contributed by atoms with van der Waals surface area (Å²) in [4.78, 5) is 20.0. The Labute approximate surface area is 327 Å². The molecule has 0 saturated heterocycles. The summed E-state index contributed by atoms with van der Waals surface area (Å²) in [6, 6.07) is 56.6. The second kappa shape index (κ2) is 12.8. The van der Waals surface area contributed by atoms with Gasteiger partial charge in [-0.1, -0.05) is 161 Å². The molecule has 0 spiro atoms. The van der Waals surface area contributed by atoms with Gasteiger partial charge in [0.25, 0.3) is 0 Å². The predicted octanol–water partition coefficient (Wildman–Crippen LogP) is 11.9. The van der Waals surface area contributed by atoms with Crippen molar-refractivity contribution in [1.82, 2.24) is 25.1 Å². The number of anilines is 6. The first kappa shape index (κ1) is 33.6. The molecule has 2 aliphatic heterocycles. The van der Waals surface area contributed by atoms with Crippen LogP contribution in [-0.4, -0.2) is 25.1 Å². The first-order valence-corrected chi connectivity index (χ1v) is 19.0. The van der Waals surface area contributed by atoms with Gasteiger partial charge >= 0.3 is 0 Å². The molecule has 0 unspecified atom stereocenters. The average molecular weight is 726 g/mol. The van der Waals surface area contributed by atoms with Gasteiger partial charge in [-0.25, -0.2) is 15.0 Å². The Morgan fingerprint density at radius 2 is 0.732 bits per heavy atom. The number of benzene rings is 6. The van der Waals surface area contributed by atoms with Crippen molar-refractivity contribution in [2.45, 2.75) is 38.5 Å². The summed E-state index contributed by atoms with van der Waals surface area (Å²) < 4.78 is 0. The normalized spacial score (nSPS) is 14.6. The minimum absolute atomic E-state index is 0.225. The molecule has 56 heavy (non-hydrogen) atoms. The number of nitrogens with zero attached hydrogens (tertiary/aromatic N) is 7. The number of aromatic nitrogens is 5. The van der Waals surface area contributed by atoms with E-state index in [-0.39, 0.29) is 10.8 Å². The second-order valence-corrected chi connectivity index (χ2v) is 15.5. The number of hydrogen-bond acceptors (Lipinski definition) is 7. The molecule has 4 heterocycles. The minimum Gasteiger partial charge on any atom is -0.293 e. The number of para-hydroxylation sites is 4. The van der Waals surface area contributed by atoms with Gasteiger partial charge in [0.15, 0.2) is 29.1 Å². The lowest BCUT2D eigenvalue weighted by atomic mass is 9.73. The molecule has 0 aliphatic carbocycles. The lowest BCUT2D eigenvalue weighted by molar-refractivity contribution is 0.630. The van der Waals surface area contributed by atoms with E-state index in [0.29, 0.717) is 29.1 Å². The fraction of sp³-hybridized carbons (Fsp3) is 0.122. The molecule has 7 nitrogen and oxygen atoms in total. The third kappa shape index (κ3) is 5.22. The summed E-state index contributed by atoms with van der Waals surface area (Å²) in [5.41, 5.74) is 11.1. The Morgan fingerprint density at radius 1 is 0.375 bits per heavy atom. The van der Waals surface area contributed by atoms with Crippen LogP contribution in [0, 0.1) is 0 Å². The van der Waals surface area contributed by atoms with Gasteiger partial charge in [0.05, 0.1) is 28.3 Å². The minimum atomic E-state index is -0.251. The van der Waals surface area contributed by atoms with Crippen molar-refractivity contribution < 1.29 is 0 Å². The van der Waals surface area contributed by atoms with Crippen LogP contribution in [0.4, 0.5) is 34.4 Å². The molecule has 0 fully saturated rings. The van der Waals surface area contributed by atoms with E-state index in [1.807, 2.05) is 60.7 Å². The van der Waals surface area contributed by atoms with Crippen LogP contribution in [0.5, 0.6) is 0 Å². The topological polar surface area (TPSA) is 70.9 Å². The van der Waals surface area contributed by atoms with Gasteiger partial charge < -0.3 is 0 Å². The van der Waals surface area contributed by atoms with Crippen LogP contribution < -0.4 is 9.80 Å². The highest BCUT2D eigenvalue weighted by molar-refractivity contribution is 5.92. The van der Waals surface area contributed by atoms with Crippen molar-refractivity contribution in [3.8, 4) is 34.2 Å². The van der Waals surface area contributed by atoms with Crippen LogP contribution in [0.2, 0.25) is 0 Å². The maximum absolute atomic E-state index is 5.26. The molecule has 2 aromatic heterocycles. The molecular weight excluding hydrogens is 687 g/mol. The molecule has 10 rings (SSSR count). The molecule has 0 bridgehead atoms. The summed E-state index contributed by atoms with van der Waals surface area (Å²) in [5.74, 6) is 2.96. The summed E-state index contributed by atoms with van der Waals surface area (Å²) in [6.45, 7) is 9.15. The highest BCUT2D eigenvalue weighted by atomic mass is 15.3. The summed E-state index contributed by atoms with van der Waals surface area (Å²) >= 11 is 0. The summed E-state index contributed by atoms with van der Waals surface area (Å²) in [7, 11) is 0. The van der Waals surface area contributed by atoms with Gasteiger partial charge in [0.1, 0.15) is 0 Å². The number of fused-ring (bicyclic) bond motifs is 4. The van der Waals surface area contributed by atoms with Gasteiger partial charge in [-0.15, -0.1) is 10.2 Å². The Hall–Kier alpha value is -6.99. The zero-order valence-electron chi connectivity index (χ0n) is 31.7. The third-order valence-corrected chi connectivity index (χ3v) is 11.4. The second-order valence-electron chi connectivity index (χ2n) is 15.5. The summed E-state index contributed by atoms with van der Waals surface area (Å²) in [6.07, 6.45) is 0. The molecule has 270 valence electrons. The zero-order chi connectivity index (χ0) is 38.0. The van der Waals surface area contributed by atoms with E-state index < -0.39 is 0 Å². The van der Waals surface area contributed by atoms with E-state index in [4.69, 9.17) is 25.1 Å². The summed E-state index contributed by atoms with van der Waals surface area (Å²) in [5, 5.41) is 10.3. The van der Waals surface area contributed by atoms with E-state index >= 15 is 0 Å². The van der Waals surface area contributed by atoms with Crippen LogP contribution in [0.25, 0.3) is 34.2 Å². The molecule has 8 aromatic rings. The van der Waals surface area contributed by atoms with Gasteiger partial charge in [-0.05, 0) is 52.6 Å². The fourth-order valence-electron chi connectivity index (χ4n) is 8.56. The van der Waals surface area contributed by atoms with E-state index in [2.05, 4.69) is 141 Å². The van der Waals surface area contributed by atoms with Gasteiger partial charge in [0, 0.05) is 22.0 Å². The molecule has 0 atom stereocenters. The van der Waals surface area contributed by atoms with Gasteiger partial charge in [-0.2, -0.15) is 0 Å². The van der Waals surface area contributed by atoms with Crippen molar-refractivity contribution >= 4 is 34.4 Å². The Morgan fingerprint density at radius 3 is 1.16 bits per heavy atom. The third-order valence-electron chi connectivity index (χ3n) is 11.4. The maximum Gasteiger partial charge on any atom is 0.171 e.